The molecule has 0 saturated carbocycles. The van der Waals surface area contributed by atoms with Gasteiger partial charge in [-0.25, -0.2) is 4.79 Å². The maximum absolute atomic E-state index is 13.9. The molecule has 0 radical (unpaired) electrons. The Morgan fingerprint density at radius 3 is 1.95 bits per heavy atom. The Labute approximate surface area is 235 Å². The molecule has 6 nitrogen and oxygen atoms in total. The lowest BCUT2D eigenvalue weighted by molar-refractivity contribution is -0.139. The topological polar surface area (TPSA) is 60.0 Å². The van der Waals surface area contributed by atoms with Gasteiger partial charge in [0.1, 0.15) is 11.5 Å². The van der Waals surface area contributed by atoms with Crippen molar-refractivity contribution in [1.29, 1.82) is 0 Å². The maximum atomic E-state index is 13.9. The van der Waals surface area contributed by atoms with Gasteiger partial charge >= 0.3 is 5.97 Å². The van der Waals surface area contributed by atoms with E-state index in [1.54, 1.807) is 14.2 Å². The highest BCUT2D eigenvalue weighted by atomic mass is 16.5. The van der Waals surface area contributed by atoms with E-state index in [1.807, 2.05) is 97.9 Å². The first-order chi connectivity index (χ1) is 19.7. The highest BCUT2D eigenvalue weighted by Gasteiger charge is 2.43. The Morgan fingerprint density at radius 2 is 1.32 bits per heavy atom. The second-order valence-corrected chi connectivity index (χ2v) is 9.45. The molecule has 2 atom stereocenters. The average molecular weight is 535 g/mol. The first kappa shape index (κ1) is 26.9. The number of benzene rings is 4. The molecule has 204 valence electrons. The lowest BCUT2D eigenvalue weighted by atomic mass is 9.83. The molecule has 0 amide bonds. The second kappa shape index (κ2) is 12.4. The lowest BCUT2D eigenvalue weighted by Crippen LogP contribution is -2.42. The number of methoxy groups -OCH3 is 2. The monoisotopic (exact) mass is 534 g/mol. The fraction of sp³-hybridized carbons (Fsp3) is 0.206. The number of rotatable bonds is 9. The number of nitrogens with zero attached hydrogens (tertiary/aromatic N) is 1. The summed E-state index contributed by atoms with van der Waals surface area (Å²) in [7, 11) is 3.35. The van der Waals surface area contributed by atoms with Crippen molar-refractivity contribution in [1.82, 2.24) is 0 Å². The molecule has 5 rings (SSSR count). The maximum Gasteiger partial charge on any atom is 0.338 e. The van der Waals surface area contributed by atoms with E-state index in [2.05, 4.69) is 28.4 Å². The lowest BCUT2D eigenvalue weighted by Gasteiger charge is -2.46. The molecule has 4 aromatic rings. The van der Waals surface area contributed by atoms with Gasteiger partial charge in [0.2, 0.25) is 0 Å². The van der Waals surface area contributed by atoms with E-state index in [0.29, 0.717) is 17.7 Å². The smallest absolute Gasteiger partial charge is 0.338 e. The van der Waals surface area contributed by atoms with Crippen LogP contribution in [-0.4, -0.2) is 26.8 Å². The van der Waals surface area contributed by atoms with Crippen LogP contribution < -0.4 is 19.7 Å². The molecule has 0 bridgehead atoms. The van der Waals surface area contributed by atoms with Crippen molar-refractivity contribution in [3.05, 3.63) is 132 Å². The molecule has 40 heavy (non-hydrogen) atoms. The number of esters is 1. The van der Waals surface area contributed by atoms with Gasteiger partial charge in [0.25, 0.3) is 0 Å². The highest BCUT2D eigenvalue weighted by Crippen LogP contribution is 2.51. The third kappa shape index (κ3) is 5.38. The van der Waals surface area contributed by atoms with E-state index in [9.17, 15) is 4.79 Å². The number of anilines is 2. The first-order valence-electron chi connectivity index (χ1n) is 13.5. The minimum absolute atomic E-state index is 0.183. The van der Waals surface area contributed by atoms with Gasteiger partial charge < -0.3 is 24.4 Å². The quantitative estimate of drug-likeness (QED) is 0.227. The number of carbonyl (C=O) groups is 1. The highest BCUT2D eigenvalue weighted by molar-refractivity contribution is 5.93. The average Bonchev–Trinajstić information content (AvgIpc) is 3.01. The van der Waals surface area contributed by atoms with Crippen LogP contribution in [0.1, 0.15) is 36.6 Å². The van der Waals surface area contributed by atoms with Crippen molar-refractivity contribution in [2.45, 2.75) is 25.4 Å². The molecule has 0 spiro atoms. The first-order valence-corrected chi connectivity index (χ1v) is 13.5. The molecule has 1 heterocycles. The summed E-state index contributed by atoms with van der Waals surface area (Å²) in [5.41, 5.74) is 5.08. The van der Waals surface area contributed by atoms with Gasteiger partial charge in [-0.2, -0.15) is 0 Å². The molecule has 4 aromatic carbocycles. The van der Waals surface area contributed by atoms with Crippen LogP contribution in [-0.2, 0) is 9.53 Å². The van der Waals surface area contributed by atoms with Crippen LogP contribution >= 0.6 is 0 Å². The number of ether oxygens (including phenoxy) is 3. The summed E-state index contributed by atoms with van der Waals surface area (Å²) < 4.78 is 17.4. The van der Waals surface area contributed by atoms with Crippen molar-refractivity contribution in [2.75, 3.05) is 31.0 Å². The zero-order valence-electron chi connectivity index (χ0n) is 23.0. The normalized spacial score (nSPS) is 16.8. The van der Waals surface area contributed by atoms with E-state index in [0.717, 1.165) is 33.9 Å². The van der Waals surface area contributed by atoms with Crippen molar-refractivity contribution in [3.63, 3.8) is 0 Å². The van der Waals surface area contributed by atoms with Crippen molar-refractivity contribution < 1.29 is 19.0 Å². The Bertz CT molecular complexity index is 1470. The number of para-hydroxylation sites is 4. The van der Waals surface area contributed by atoms with Gasteiger partial charge in [-0.05, 0) is 43.3 Å². The Hall–Kier alpha value is -4.71. The summed E-state index contributed by atoms with van der Waals surface area (Å²) in [6.07, 6.45) is 0.518. The van der Waals surface area contributed by atoms with Crippen LogP contribution in [0.2, 0.25) is 0 Å². The van der Waals surface area contributed by atoms with Crippen LogP contribution in [0.3, 0.4) is 0 Å². The largest absolute Gasteiger partial charge is 0.496 e. The van der Waals surface area contributed by atoms with Crippen molar-refractivity contribution in [3.8, 4) is 11.5 Å². The van der Waals surface area contributed by atoms with E-state index >= 15 is 0 Å². The number of nitrogens with one attached hydrogen (secondary N) is 1. The third-order valence-corrected chi connectivity index (χ3v) is 7.16. The van der Waals surface area contributed by atoms with E-state index in [-0.39, 0.29) is 18.6 Å². The molecule has 1 aliphatic heterocycles. The molecule has 0 saturated heterocycles. The van der Waals surface area contributed by atoms with Crippen molar-refractivity contribution in [2.24, 2.45) is 0 Å². The second-order valence-electron chi connectivity index (χ2n) is 9.45. The van der Waals surface area contributed by atoms with E-state index < -0.39 is 6.04 Å². The number of hydrogen-bond donors (Lipinski definition) is 1. The molecule has 6 heteroatoms. The summed E-state index contributed by atoms with van der Waals surface area (Å²) in [6.45, 7) is 2.09. The standard InChI is InChI=1S/C34H34N2O4/c1-4-40-34(37)32-28(35-24-15-7-5-8-16-24)23-29(26-19-11-13-21-30(26)38-2)36(25-17-9-6-10-18-25)33(32)27-20-12-14-22-31(27)39-3/h5-22,29,33,35H,4,23H2,1-3H3. The van der Waals surface area contributed by atoms with Crippen LogP contribution in [0.5, 0.6) is 11.5 Å². The summed E-state index contributed by atoms with van der Waals surface area (Å²) in [4.78, 5) is 16.2. The fourth-order valence-corrected chi connectivity index (χ4v) is 5.47. The van der Waals surface area contributed by atoms with Gasteiger partial charge in [-0.1, -0.05) is 72.8 Å². The summed E-state index contributed by atoms with van der Waals surface area (Å²) >= 11 is 0. The molecular weight excluding hydrogens is 500 g/mol. The van der Waals surface area contributed by atoms with Crippen LogP contribution in [0, 0.1) is 0 Å². The molecule has 0 aromatic heterocycles. The van der Waals surface area contributed by atoms with Crippen LogP contribution in [0.4, 0.5) is 11.4 Å². The zero-order chi connectivity index (χ0) is 27.9. The fourth-order valence-electron chi connectivity index (χ4n) is 5.47. The molecular formula is C34H34N2O4. The SMILES string of the molecule is CCOC(=O)C1=C(Nc2ccccc2)CC(c2ccccc2OC)N(c2ccccc2)C1c1ccccc1OC. The number of hydrogen-bond acceptors (Lipinski definition) is 6. The summed E-state index contributed by atoms with van der Waals surface area (Å²) in [5.74, 6) is 1.11. The Kier molecular flexibility index (Phi) is 8.35. The van der Waals surface area contributed by atoms with E-state index in [4.69, 9.17) is 14.2 Å². The summed E-state index contributed by atoms with van der Waals surface area (Å²) in [5, 5.41) is 3.59. The third-order valence-electron chi connectivity index (χ3n) is 7.16. The van der Waals surface area contributed by atoms with Crippen LogP contribution in [0.25, 0.3) is 0 Å². The van der Waals surface area contributed by atoms with Gasteiger partial charge in [-0.3, -0.25) is 0 Å². The Morgan fingerprint density at radius 1 is 0.775 bits per heavy atom. The van der Waals surface area contributed by atoms with Gasteiger partial charge in [0.05, 0.1) is 38.5 Å². The van der Waals surface area contributed by atoms with Crippen molar-refractivity contribution >= 4 is 17.3 Å². The summed E-state index contributed by atoms with van der Waals surface area (Å²) in [6, 6.07) is 35.3. The molecule has 2 unspecified atom stereocenters. The molecule has 1 aliphatic rings. The zero-order valence-corrected chi connectivity index (χ0v) is 23.0. The van der Waals surface area contributed by atoms with Crippen LogP contribution in [0.15, 0.2) is 120 Å². The minimum Gasteiger partial charge on any atom is -0.496 e. The van der Waals surface area contributed by atoms with Gasteiger partial charge in [0, 0.05) is 34.6 Å². The molecule has 0 aliphatic carbocycles. The number of carbonyl (C=O) groups excluding carboxylic acids is 1. The molecule has 0 fully saturated rings. The van der Waals surface area contributed by atoms with Gasteiger partial charge in [0.15, 0.2) is 0 Å². The molecule has 1 N–H and O–H groups in total. The Balaban J connectivity index is 1.83. The van der Waals surface area contributed by atoms with E-state index in [1.165, 1.54) is 0 Å². The van der Waals surface area contributed by atoms with Gasteiger partial charge in [-0.15, -0.1) is 0 Å². The predicted molar refractivity (Wildman–Crippen MR) is 159 cm³/mol. The minimum atomic E-state index is -0.521. The predicted octanol–water partition coefficient (Wildman–Crippen LogP) is 7.33.